The van der Waals surface area contributed by atoms with E-state index in [1.54, 1.807) is 12.3 Å². The second kappa shape index (κ2) is 4.23. The maximum atomic E-state index is 11.2. The van der Waals surface area contributed by atoms with Gasteiger partial charge in [0.1, 0.15) is 0 Å². The number of ether oxygens (including phenoxy) is 1. The number of esters is 1. The van der Waals surface area contributed by atoms with E-state index in [4.69, 9.17) is 4.42 Å². The molecule has 0 bridgehead atoms. The van der Waals surface area contributed by atoms with Crippen LogP contribution in [-0.4, -0.2) is 13.1 Å². The highest BCUT2D eigenvalue weighted by molar-refractivity contribution is 5.88. The number of rotatable bonds is 2. The Morgan fingerprint density at radius 3 is 2.75 bits per heavy atom. The number of benzene rings is 1. The Balaban J connectivity index is 2.39. The highest BCUT2D eigenvalue weighted by atomic mass is 16.5. The second-order valence-corrected chi connectivity index (χ2v) is 3.51. The quantitative estimate of drug-likeness (QED) is 0.724. The molecule has 0 radical (unpaired) electrons. The monoisotopic (exact) mass is 216 g/mol. The standard InChI is InChI=1S/C13H12O3/c1-9-5-3-4-6-11(9)10-7-12(16-8-10)13(14)15-2/h3-8H,1-2H3. The molecular formula is C13H12O3. The first kappa shape index (κ1) is 10.5. The van der Waals surface area contributed by atoms with E-state index in [0.717, 1.165) is 16.7 Å². The minimum atomic E-state index is -0.458. The Labute approximate surface area is 93.7 Å². The van der Waals surface area contributed by atoms with Crippen LogP contribution in [0.1, 0.15) is 16.1 Å². The van der Waals surface area contributed by atoms with E-state index < -0.39 is 5.97 Å². The van der Waals surface area contributed by atoms with Crippen molar-refractivity contribution in [2.75, 3.05) is 7.11 Å². The summed E-state index contributed by atoms with van der Waals surface area (Å²) in [6.07, 6.45) is 1.56. The normalized spacial score (nSPS) is 10.1. The molecule has 3 nitrogen and oxygen atoms in total. The van der Waals surface area contributed by atoms with Crippen LogP contribution in [0.15, 0.2) is 41.0 Å². The van der Waals surface area contributed by atoms with Gasteiger partial charge in [0.2, 0.25) is 5.76 Å². The minimum absolute atomic E-state index is 0.223. The summed E-state index contributed by atoms with van der Waals surface area (Å²) >= 11 is 0. The van der Waals surface area contributed by atoms with Gasteiger partial charge in [0.25, 0.3) is 0 Å². The van der Waals surface area contributed by atoms with Crippen molar-refractivity contribution in [3.05, 3.63) is 47.9 Å². The minimum Gasteiger partial charge on any atom is -0.463 e. The Kier molecular flexibility index (Phi) is 2.77. The fourth-order valence-corrected chi connectivity index (χ4v) is 1.58. The molecule has 82 valence electrons. The van der Waals surface area contributed by atoms with Crippen LogP contribution in [0.5, 0.6) is 0 Å². The Hall–Kier alpha value is -2.03. The van der Waals surface area contributed by atoms with Crippen LogP contribution in [0.3, 0.4) is 0 Å². The molecule has 0 aliphatic rings. The Bertz CT molecular complexity index is 511. The summed E-state index contributed by atoms with van der Waals surface area (Å²) in [5.41, 5.74) is 3.08. The van der Waals surface area contributed by atoms with Crippen LogP contribution in [0.25, 0.3) is 11.1 Å². The van der Waals surface area contributed by atoms with Crippen molar-refractivity contribution in [3.8, 4) is 11.1 Å². The van der Waals surface area contributed by atoms with Crippen LogP contribution in [0, 0.1) is 6.92 Å². The molecule has 0 unspecified atom stereocenters. The van der Waals surface area contributed by atoms with E-state index in [1.165, 1.54) is 7.11 Å². The van der Waals surface area contributed by atoms with Gasteiger partial charge in [-0.3, -0.25) is 0 Å². The maximum absolute atomic E-state index is 11.2. The molecule has 0 spiro atoms. The molecule has 0 atom stereocenters. The van der Waals surface area contributed by atoms with Crippen molar-refractivity contribution in [2.45, 2.75) is 6.92 Å². The summed E-state index contributed by atoms with van der Waals surface area (Å²) in [5.74, 6) is -0.236. The van der Waals surface area contributed by atoms with Gasteiger partial charge in [0.05, 0.1) is 13.4 Å². The fourth-order valence-electron chi connectivity index (χ4n) is 1.58. The molecule has 0 amide bonds. The molecule has 0 aliphatic carbocycles. The van der Waals surface area contributed by atoms with Gasteiger partial charge in [-0.2, -0.15) is 0 Å². The summed E-state index contributed by atoms with van der Waals surface area (Å²) in [5, 5.41) is 0. The number of aryl methyl sites for hydroxylation is 1. The van der Waals surface area contributed by atoms with Crippen LogP contribution < -0.4 is 0 Å². The van der Waals surface area contributed by atoms with Crippen LogP contribution in [0.2, 0.25) is 0 Å². The summed E-state index contributed by atoms with van der Waals surface area (Å²) in [6, 6.07) is 9.61. The zero-order chi connectivity index (χ0) is 11.5. The first-order valence-corrected chi connectivity index (χ1v) is 4.95. The van der Waals surface area contributed by atoms with Crippen molar-refractivity contribution >= 4 is 5.97 Å². The third-order valence-corrected chi connectivity index (χ3v) is 2.44. The topological polar surface area (TPSA) is 39.4 Å². The fraction of sp³-hybridized carbons (Fsp3) is 0.154. The lowest BCUT2D eigenvalue weighted by atomic mass is 10.0. The molecule has 1 aromatic heterocycles. The molecule has 0 fully saturated rings. The van der Waals surface area contributed by atoms with E-state index in [9.17, 15) is 4.79 Å². The number of carbonyl (C=O) groups excluding carboxylic acids is 1. The van der Waals surface area contributed by atoms with Crippen molar-refractivity contribution in [1.29, 1.82) is 0 Å². The number of furan rings is 1. The lowest BCUT2D eigenvalue weighted by Gasteiger charge is -2.00. The molecule has 0 aliphatic heterocycles. The molecule has 3 heteroatoms. The Morgan fingerprint density at radius 2 is 2.06 bits per heavy atom. The molecule has 0 saturated heterocycles. The highest BCUT2D eigenvalue weighted by Gasteiger charge is 2.12. The molecule has 16 heavy (non-hydrogen) atoms. The van der Waals surface area contributed by atoms with Gasteiger partial charge < -0.3 is 9.15 Å². The van der Waals surface area contributed by atoms with Crippen LogP contribution in [-0.2, 0) is 4.74 Å². The molecule has 1 heterocycles. The van der Waals surface area contributed by atoms with Gasteiger partial charge in [-0.15, -0.1) is 0 Å². The SMILES string of the molecule is COC(=O)c1cc(-c2ccccc2C)co1. The summed E-state index contributed by atoms with van der Waals surface area (Å²) in [4.78, 5) is 11.2. The number of carbonyl (C=O) groups is 1. The van der Waals surface area contributed by atoms with E-state index in [-0.39, 0.29) is 5.76 Å². The van der Waals surface area contributed by atoms with Gasteiger partial charge >= 0.3 is 5.97 Å². The van der Waals surface area contributed by atoms with Gasteiger partial charge in [-0.25, -0.2) is 4.79 Å². The lowest BCUT2D eigenvalue weighted by Crippen LogP contribution is -1.98. The number of hydrogen-bond donors (Lipinski definition) is 0. The Morgan fingerprint density at radius 1 is 1.31 bits per heavy atom. The predicted octanol–water partition coefficient (Wildman–Crippen LogP) is 3.04. The van der Waals surface area contributed by atoms with Crippen molar-refractivity contribution in [1.82, 2.24) is 0 Å². The van der Waals surface area contributed by atoms with Gasteiger partial charge in [-0.05, 0) is 24.1 Å². The van der Waals surface area contributed by atoms with Crippen molar-refractivity contribution < 1.29 is 13.9 Å². The smallest absolute Gasteiger partial charge is 0.373 e. The van der Waals surface area contributed by atoms with E-state index in [0.29, 0.717) is 0 Å². The third-order valence-electron chi connectivity index (χ3n) is 2.44. The first-order valence-electron chi connectivity index (χ1n) is 4.95. The lowest BCUT2D eigenvalue weighted by molar-refractivity contribution is 0.0565. The van der Waals surface area contributed by atoms with E-state index in [1.807, 2.05) is 31.2 Å². The van der Waals surface area contributed by atoms with Crippen LogP contribution in [0.4, 0.5) is 0 Å². The molecule has 2 rings (SSSR count). The molecule has 0 saturated carbocycles. The largest absolute Gasteiger partial charge is 0.463 e. The number of hydrogen-bond acceptors (Lipinski definition) is 3. The molecule has 1 aromatic carbocycles. The number of methoxy groups -OCH3 is 1. The van der Waals surface area contributed by atoms with Gasteiger partial charge in [-0.1, -0.05) is 24.3 Å². The predicted molar refractivity (Wildman–Crippen MR) is 60.2 cm³/mol. The summed E-state index contributed by atoms with van der Waals surface area (Å²) in [6.45, 7) is 2.01. The van der Waals surface area contributed by atoms with E-state index >= 15 is 0 Å². The summed E-state index contributed by atoms with van der Waals surface area (Å²) in [7, 11) is 1.33. The van der Waals surface area contributed by atoms with E-state index in [2.05, 4.69) is 4.74 Å². The zero-order valence-electron chi connectivity index (χ0n) is 9.19. The van der Waals surface area contributed by atoms with Gasteiger partial charge in [0, 0.05) is 5.56 Å². The van der Waals surface area contributed by atoms with Gasteiger partial charge in [0.15, 0.2) is 0 Å². The van der Waals surface area contributed by atoms with Crippen molar-refractivity contribution in [3.63, 3.8) is 0 Å². The van der Waals surface area contributed by atoms with Crippen LogP contribution >= 0.6 is 0 Å². The average molecular weight is 216 g/mol. The van der Waals surface area contributed by atoms with Crippen molar-refractivity contribution in [2.24, 2.45) is 0 Å². The molecule has 2 aromatic rings. The zero-order valence-corrected chi connectivity index (χ0v) is 9.19. The second-order valence-electron chi connectivity index (χ2n) is 3.51. The maximum Gasteiger partial charge on any atom is 0.373 e. The third kappa shape index (κ3) is 1.84. The summed E-state index contributed by atoms with van der Waals surface area (Å²) < 4.78 is 9.74. The molecule has 0 N–H and O–H groups in total. The molecular weight excluding hydrogens is 204 g/mol. The first-order chi connectivity index (χ1) is 7.72. The average Bonchev–Trinajstić information content (AvgIpc) is 2.78. The highest BCUT2D eigenvalue weighted by Crippen LogP contribution is 2.25.